The van der Waals surface area contributed by atoms with E-state index in [-0.39, 0.29) is 29.2 Å². The molecule has 3 fully saturated rings. The van der Waals surface area contributed by atoms with Crippen LogP contribution < -0.4 is 16.0 Å². The molecule has 7 rings (SSSR count). The summed E-state index contributed by atoms with van der Waals surface area (Å²) in [4.78, 5) is 37.0. The van der Waals surface area contributed by atoms with E-state index < -0.39 is 0 Å². The van der Waals surface area contributed by atoms with Crippen LogP contribution in [0, 0.1) is 11.8 Å². The first kappa shape index (κ1) is 23.2. The number of anilines is 3. The van der Waals surface area contributed by atoms with E-state index in [4.69, 9.17) is 11.6 Å². The fraction of sp³-hybridized carbons (Fsp3) is 0.214. The summed E-state index contributed by atoms with van der Waals surface area (Å²) in [5.41, 5.74) is 3.65. The number of H-pyrrole nitrogens is 1. The minimum absolute atomic E-state index is 0.0289. The van der Waals surface area contributed by atoms with Gasteiger partial charge in [-0.3, -0.25) is 9.59 Å². The van der Waals surface area contributed by atoms with E-state index in [1.807, 2.05) is 54.7 Å². The highest BCUT2D eigenvalue weighted by molar-refractivity contribution is 6.33. The van der Waals surface area contributed by atoms with E-state index >= 15 is 0 Å². The molecule has 8 nitrogen and oxygen atoms in total. The van der Waals surface area contributed by atoms with Crippen molar-refractivity contribution in [2.75, 3.05) is 10.6 Å². The second-order valence-electron chi connectivity index (χ2n) is 9.79. The number of aromatic amines is 1. The van der Waals surface area contributed by atoms with Gasteiger partial charge < -0.3 is 20.9 Å². The lowest BCUT2D eigenvalue weighted by Crippen LogP contribution is -2.51. The zero-order valence-electron chi connectivity index (χ0n) is 19.9. The van der Waals surface area contributed by atoms with E-state index in [2.05, 4.69) is 37.5 Å². The first-order valence-corrected chi connectivity index (χ1v) is 12.5. The third kappa shape index (κ3) is 4.34. The molecule has 2 bridgehead atoms. The number of carbonyl (C=O) groups excluding carboxylic acids is 2. The minimum Gasteiger partial charge on any atom is -0.360 e. The van der Waals surface area contributed by atoms with Crippen LogP contribution in [-0.2, 0) is 9.59 Å². The van der Waals surface area contributed by atoms with Gasteiger partial charge in [-0.1, -0.05) is 42.4 Å². The summed E-state index contributed by atoms with van der Waals surface area (Å²) in [6.07, 6.45) is 7.06. The van der Waals surface area contributed by atoms with Gasteiger partial charge in [0.2, 0.25) is 17.8 Å². The largest absolute Gasteiger partial charge is 0.360 e. The van der Waals surface area contributed by atoms with E-state index in [1.165, 1.54) is 6.08 Å². The molecule has 4 N–H and O–H groups in total. The van der Waals surface area contributed by atoms with Gasteiger partial charge >= 0.3 is 0 Å². The molecular formula is C28H25ClN6O2. The Labute approximate surface area is 218 Å². The molecule has 0 spiro atoms. The average Bonchev–Trinajstić information content (AvgIpc) is 3.57. The number of hydrogen-bond donors (Lipinski definition) is 4. The van der Waals surface area contributed by atoms with E-state index in [1.54, 1.807) is 6.20 Å². The summed E-state index contributed by atoms with van der Waals surface area (Å²) in [6, 6.07) is 15.4. The summed E-state index contributed by atoms with van der Waals surface area (Å²) in [6.45, 7) is 3.52. The van der Waals surface area contributed by atoms with Gasteiger partial charge in [0.05, 0.1) is 16.9 Å². The van der Waals surface area contributed by atoms with Gasteiger partial charge in [0.15, 0.2) is 0 Å². The smallest absolute Gasteiger partial charge is 0.243 e. The van der Waals surface area contributed by atoms with Crippen molar-refractivity contribution in [1.29, 1.82) is 0 Å². The first-order chi connectivity index (χ1) is 17.9. The van der Waals surface area contributed by atoms with Gasteiger partial charge in [-0.15, -0.1) is 0 Å². The van der Waals surface area contributed by atoms with Crippen LogP contribution in [0.5, 0.6) is 0 Å². The number of para-hydroxylation sites is 1. The molecule has 2 aromatic carbocycles. The van der Waals surface area contributed by atoms with E-state index in [0.29, 0.717) is 28.8 Å². The van der Waals surface area contributed by atoms with Crippen LogP contribution in [0.15, 0.2) is 73.6 Å². The van der Waals surface area contributed by atoms with Crippen molar-refractivity contribution in [2.24, 2.45) is 11.8 Å². The highest BCUT2D eigenvalue weighted by Gasteiger charge is 2.58. The lowest BCUT2D eigenvalue weighted by molar-refractivity contribution is -0.120. The molecule has 1 unspecified atom stereocenters. The van der Waals surface area contributed by atoms with Crippen molar-refractivity contribution in [2.45, 2.75) is 24.8 Å². The molecule has 3 aliphatic carbocycles. The summed E-state index contributed by atoms with van der Waals surface area (Å²) in [7, 11) is 0. The molecule has 37 heavy (non-hydrogen) atoms. The number of halogens is 1. The van der Waals surface area contributed by atoms with Crippen LogP contribution in [0.3, 0.4) is 0 Å². The van der Waals surface area contributed by atoms with Crippen LogP contribution in [0.2, 0.25) is 5.02 Å². The highest BCUT2D eigenvalue weighted by Crippen LogP contribution is 2.55. The molecule has 4 aromatic rings. The molecule has 2 heterocycles. The molecule has 9 heteroatoms. The Kier molecular flexibility index (Phi) is 5.68. The summed E-state index contributed by atoms with van der Waals surface area (Å²) < 4.78 is 0. The number of hydrogen-bond acceptors (Lipinski definition) is 5. The molecular weight excluding hydrogens is 488 g/mol. The van der Waals surface area contributed by atoms with Gasteiger partial charge in [0.1, 0.15) is 0 Å². The van der Waals surface area contributed by atoms with Crippen molar-refractivity contribution in [3.05, 3.63) is 78.6 Å². The van der Waals surface area contributed by atoms with Crippen LogP contribution in [0.1, 0.15) is 19.3 Å². The molecule has 3 aliphatic rings. The summed E-state index contributed by atoms with van der Waals surface area (Å²) in [5, 5.41) is 10.7. The molecule has 3 saturated carbocycles. The van der Waals surface area contributed by atoms with Crippen molar-refractivity contribution < 1.29 is 9.59 Å². The van der Waals surface area contributed by atoms with Gasteiger partial charge in [-0.2, -0.15) is 0 Å². The zero-order valence-corrected chi connectivity index (χ0v) is 20.7. The van der Waals surface area contributed by atoms with Gasteiger partial charge in [-0.25, -0.2) is 9.97 Å². The maximum Gasteiger partial charge on any atom is 0.243 e. The standard InChI is InChI=1S/C28H25ClN6O2/c1-2-24(36)35-28-11-16(12-28)20(13-28)26(37)32-17-6-5-7-18(10-17)33-27-31-15-22(29)25(34-27)21-14-30-23-9-4-3-8-19(21)23/h2-10,14-16,20,30H,1,11-13H2,(H,32,37)(H,35,36)(H,31,33,34). The van der Waals surface area contributed by atoms with Crippen LogP contribution in [0.4, 0.5) is 17.3 Å². The minimum atomic E-state index is -0.268. The average molecular weight is 513 g/mol. The monoisotopic (exact) mass is 512 g/mol. The fourth-order valence-corrected chi connectivity index (χ4v) is 5.87. The van der Waals surface area contributed by atoms with Crippen molar-refractivity contribution >= 4 is 51.6 Å². The molecule has 2 aromatic heterocycles. The normalized spacial score (nSPS) is 21.8. The molecule has 186 valence electrons. The number of fused-ring (bicyclic) bond motifs is 2. The Morgan fingerprint density at radius 3 is 2.76 bits per heavy atom. The van der Waals surface area contributed by atoms with Crippen LogP contribution >= 0.6 is 11.6 Å². The van der Waals surface area contributed by atoms with Gasteiger partial charge in [0, 0.05) is 45.5 Å². The zero-order chi connectivity index (χ0) is 25.6. The molecule has 1 atom stereocenters. The number of nitrogens with zero attached hydrogens (tertiary/aromatic N) is 2. The number of nitrogens with one attached hydrogen (secondary N) is 4. The Morgan fingerprint density at radius 1 is 1.11 bits per heavy atom. The lowest BCUT2D eigenvalue weighted by Gasteiger charge is -2.38. The Hall–Kier alpha value is -4.17. The Balaban J connectivity index is 1.16. The van der Waals surface area contributed by atoms with Crippen LogP contribution in [0.25, 0.3) is 22.2 Å². The number of aromatic nitrogens is 3. The molecule has 2 amide bonds. The van der Waals surface area contributed by atoms with Crippen LogP contribution in [-0.4, -0.2) is 32.3 Å². The van der Waals surface area contributed by atoms with Gasteiger partial charge in [-0.05, 0) is 55.5 Å². The SMILES string of the molecule is C=CC(=O)NC12CC(C1)C(C(=O)Nc1cccc(Nc3ncc(Cl)c(-c4c[nH]c5ccccc45)n3)c1)C2. The predicted molar refractivity (Wildman–Crippen MR) is 145 cm³/mol. The van der Waals surface area contributed by atoms with E-state index in [9.17, 15) is 9.59 Å². The maximum atomic E-state index is 13.0. The number of carbonyl (C=O) groups is 2. The topological polar surface area (TPSA) is 112 Å². The fourth-order valence-electron chi connectivity index (χ4n) is 5.68. The molecule has 0 saturated heterocycles. The second-order valence-corrected chi connectivity index (χ2v) is 10.2. The predicted octanol–water partition coefficient (Wildman–Crippen LogP) is 5.43. The molecule has 0 radical (unpaired) electrons. The third-order valence-electron chi connectivity index (χ3n) is 7.37. The van der Waals surface area contributed by atoms with Gasteiger partial charge in [0.25, 0.3) is 0 Å². The number of amides is 2. The van der Waals surface area contributed by atoms with Crippen molar-refractivity contribution in [1.82, 2.24) is 20.3 Å². The van der Waals surface area contributed by atoms with Crippen molar-refractivity contribution in [3.8, 4) is 11.3 Å². The second kappa shape index (κ2) is 9.05. The Bertz CT molecular complexity index is 1540. The third-order valence-corrected chi connectivity index (χ3v) is 7.65. The van der Waals surface area contributed by atoms with E-state index in [0.717, 1.165) is 35.0 Å². The maximum absolute atomic E-state index is 13.0. The molecule has 0 aliphatic heterocycles. The summed E-state index contributed by atoms with van der Waals surface area (Å²) in [5.74, 6) is 0.343. The lowest BCUT2D eigenvalue weighted by atomic mass is 9.76. The number of benzene rings is 2. The highest BCUT2D eigenvalue weighted by atomic mass is 35.5. The number of rotatable bonds is 7. The summed E-state index contributed by atoms with van der Waals surface area (Å²) >= 11 is 6.45. The first-order valence-electron chi connectivity index (χ1n) is 12.1. The quantitative estimate of drug-likeness (QED) is 0.247. The Morgan fingerprint density at radius 2 is 1.92 bits per heavy atom. The van der Waals surface area contributed by atoms with Crippen molar-refractivity contribution in [3.63, 3.8) is 0 Å².